The number of fused-ring (bicyclic) bond motifs is 1. The van der Waals surface area contributed by atoms with Crippen molar-refractivity contribution in [1.29, 1.82) is 0 Å². The molecule has 0 saturated carbocycles. The van der Waals surface area contributed by atoms with Crippen LogP contribution in [0.5, 0.6) is 5.75 Å². The molecule has 1 aliphatic rings. The summed E-state index contributed by atoms with van der Waals surface area (Å²) in [5.74, 6) is 0.387. The van der Waals surface area contributed by atoms with Crippen LogP contribution in [0.4, 0.5) is 0 Å². The molecule has 1 N–H and O–H groups in total. The molecule has 2 rings (SSSR count). The molecule has 0 bridgehead atoms. The zero-order valence-corrected chi connectivity index (χ0v) is 10.8. The van der Waals surface area contributed by atoms with E-state index >= 15 is 0 Å². The summed E-state index contributed by atoms with van der Waals surface area (Å²) in [6.45, 7) is 8.79. The van der Waals surface area contributed by atoms with E-state index in [1.807, 2.05) is 12.1 Å². The van der Waals surface area contributed by atoms with Crippen molar-refractivity contribution in [3.63, 3.8) is 0 Å². The van der Waals surface area contributed by atoms with E-state index in [0.717, 1.165) is 6.42 Å². The lowest BCUT2D eigenvalue weighted by Gasteiger charge is -2.34. The highest BCUT2D eigenvalue weighted by molar-refractivity contribution is 5.49. The molecule has 0 aromatic heterocycles. The minimum Gasteiger partial charge on any atom is -0.508 e. The fourth-order valence-electron chi connectivity index (χ4n) is 3.03. The first-order valence-corrected chi connectivity index (χ1v) is 5.98. The topological polar surface area (TPSA) is 23.5 Å². The van der Waals surface area contributed by atoms with Crippen molar-refractivity contribution >= 4 is 0 Å². The Morgan fingerprint density at radius 2 is 2.06 bits per heavy atom. The van der Waals surface area contributed by atoms with Gasteiger partial charge in [0.2, 0.25) is 0 Å². The number of benzene rings is 1. The first kappa shape index (κ1) is 11.5. The van der Waals surface area contributed by atoms with Crippen molar-refractivity contribution in [2.45, 2.75) is 45.7 Å². The molecule has 0 spiro atoms. The van der Waals surface area contributed by atoms with Crippen LogP contribution in [0.15, 0.2) is 12.1 Å². The fraction of sp³-hybridized carbons (Fsp3) is 0.571. The third kappa shape index (κ3) is 1.29. The number of aromatic hydroxyl groups is 1. The van der Waals surface area contributed by atoms with Gasteiger partial charge in [-0.1, -0.05) is 6.92 Å². The average molecular weight is 219 g/mol. The molecule has 2 heteroatoms. The van der Waals surface area contributed by atoms with E-state index in [0.29, 0.717) is 11.8 Å². The van der Waals surface area contributed by atoms with Gasteiger partial charge in [-0.05, 0) is 63.1 Å². The summed E-state index contributed by atoms with van der Waals surface area (Å²) in [6.07, 6.45) is 1.06. The van der Waals surface area contributed by atoms with Crippen molar-refractivity contribution in [3.05, 3.63) is 28.8 Å². The summed E-state index contributed by atoms with van der Waals surface area (Å²) in [6, 6.07) is 4.23. The summed E-state index contributed by atoms with van der Waals surface area (Å²) in [7, 11) is 2.17. The number of rotatable bonds is 1. The van der Waals surface area contributed by atoms with Crippen LogP contribution in [-0.2, 0) is 5.54 Å². The van der Waals surface area contributed by atoms with E-state index in [2.05, 4.69) is 39.6 Å². The highest BCUT2D eigenvalue weighted by Gasteiger charge is 2.42. The van der Waals surface area contributed by atoms with Crippen LogP contribution in [0.3, 0.4) is 0 Å². The number of phenolic OH excluding ortho intramolecular Hbond substituents is 1. The van der Waals surface area contributed by atoms with Crippen LogP contribution < -0.4 is 0 Å². The highest BCUT2D eigenvalue weighted by Crippen LogP contribution is 2.48. The Hall–Kier alpha value is -1.02. The minimum absolute atomic E-state index is 0.0538. The lowest BCUT2D eigenvalue weighted by molar-refractivity contribution is 0.118. The molecule has 2 unspecified atom stereocenters. The molecule has 1 heterocycles. The van der Waals surface area contributed by atoms with E-state index in [-0.39, 0.29) is 5.54 Å². The van der Waals surface area contributed by atoms with Crippen molar-refractivity contribution in [3.8, 4) is 5.75 Å². The SMILES string of the molecule is CCC1(C)c2cc(O)cc(C)c2C(C)N1C. The van der Waals surface area contributed by atoms with Crippen LogP contribution in [-0.4, -0.2) is 17.1 Å². The number of hydrogen-bond donors (Lipinski definition) is 1. The number of phenols is 1. The molecule has 2 nitrogen and oxygen atoms in total. The summed E-state index contributed by atoms with van der Waals surface area (Å²) >= 11 is 0. The predicted molar refractivity (Wildman–Crippen MR) is 66.7 cm³/mol. The second-order valence-corrected chi connectivity index (χ2v) is 5.14. The van der Waals surface area contributed by atoms with Gasteiger partial charge in [-0.2, -0.15) is 0 Å². The molecule has 2 atom stereocenters. The summed E-state index contributed by atoms with van der Waals surface area (Å²) in [4.78, 5) is 2.41. The summed E-state index contributed by atoms with van der Waals surface area (Å²) in [5.41, 5.74) is 3.94. The van der Waals surface area contributed by atoms with E-state index in [1.165, 1.54) is 16.7 Å². The van der Waals surface area contributed by atoms with E-state index in [1.54, 1.807) is 0 Å². The Kier molecular flexibility index (Phi) is 2.50. The standard InChI is InChI=1S/C14H21NO/c1-6-14(4)12-8-11(16)7-9(2)13(12)10(3)15(14)5/h7-8,10,16H,6H2,1-5H3. The van der Waals surface area contributed by atoms with Crippen LogP contribution in [0, 0.1) is 6.92 Å². The van der Waals surface area contributed by atoms with Crippen molar-refractivity contribution < 1.29 is 5.11 Å². The van der Waals surface area contributed by atoms with Gasteiger partial charge in [0, 0.05) is 11.6 Å². The van der Waals surface area contributed by atoms with Gasteiger partial charge in [0.25, 0.3) is 0 Å². The number of hydrogen-bond acceptors (Lipinski definition) is 2. The van der Waals surface area contributed by atoms with E-state index < -0.39 is 0 Å². The number of aryl methyl sites for hydroxylation is 1. The first-order chi connectivity index (χ1) is 7.41. The Morgan fingerprint density at radius 3 is 2.62 bits per heavy atom. The molecule has 88 valence electrons. The molecule has 0 fully saturated rings. The summed E-state index contributed by atoms with van der Waals surface area (Å²) in [5, 5.41) is 9.76. The first-order valence-electron chi connectivity index (χ1n) is 5.98. The van der Waals surface area contributed by atoms with Crippen LogP contribution in [0.2, 0.25) is 0 Å². The molecule has 1 aromatic rings. The minimum atomic E-state index is 0.0538. The molecule has 0 saturated heterocycles. The van der Waals surface area contributed by atoms with Gasteiger partial charge in [-0.15, -0.1) is 0 Å². The van der Waals surface area contributed by atoms with E-state index in [4.69, 9.17) is 0 Å². The molecule has 1 aliphatic heterocycles. The van der Waals surface area contributed by atoms with Gasteiger partial charge < -0.3 is 5.11 Å². The second kappa shape index (κ2) is 3.49. The Bertz CT molecular complexity index is 427. The van der Waals surface area contributed by atoms with Gasteiger partial charge in [0.1, 0.15) is 5.75 Å². The highest BCUT2D eigenvalue weighted by atomic mass is 16.3. The van der Waals surface area contributed by atoms with Crippen molar-refractivity contribution in [2.75, 3.05) is 7.05 Å². The van der Waals surface area contributed by atoms with Crippen molar-refractivity contribution in [1.82, 2.24) is 4.90 Å². The number of nitrogens with zero attached hydrogens (tertiary/aromatic N) is 1. The molecular weight excluding hydrogens is 198 g/mol. The maximum absolute atomic E-state index is 9.76. The van der Waals surface area contributed by atoms with Crippen LogP contribution in [0.25, 0.3) is 0 Å². The van der Waals surface area contributed by atoms with Gasteiger partial charge in [0.15, 0.2) is 0 Å². The molecular formula is C14H21NO. The monoisotopic (exact) mass is 219 g/mol. The lowest BCUT2D eigenvalue weighted by atomic mass is 9.87. The average Bonchev–Trinajstić information content (AvgIpc) is 2.42. The molecule has 0 amide bonds. The van der Waals surface area contributed by atoms with Crippen LogP contribution >= 0.6 is 0 Å². The zero-order chi connectivity index (χ0) is 12.1. The molecule has 0 radical (unpaired) electrons. The van der Waals surface area contributed by atoms with Crippen molar-refractivity contribution in [2.24, 2.45) is 0 Å². The largest absolute Gasteiger partial charge is 0.508 e. The second-order valence-electron chi connectivity index (χ2n) is 5.14. The normalized spacial score (nSPS) is 29.4. The Balaban J connectivity index is 2.70. The Morgan fingerprint density at radius 1 is 1.44 bits per heavy atom. The quantitative estimate of drug-likeness (QED) is 0.783. The van der Waals surface area contributed by atoms with Crippen LogP contribution in [0.1, 0.15) is 49.9 Å². The maximum atomic E-state index is 9.76. The third-order valence-corrected chi connectivity index (χ3v) is 4.42. The van der Waals surface area contributed by atoms with Gasteiger partial charge in [-0.3, -0.25) is 4.90 Å². The maximum Gasteiger partial charge on any atom is 0.116 e. The molecule has 1 aromatic carbocycles. The Labute approximate surface area is 97.9 Å². The molecule has 16 heavy (non-hydrogen) atoms. The van der Waals surface area contributed by atoms with Gasteiger partial charge in [-0.25, -0.2) is 0 Å². The van der Waals surface area contributed by atoms with Gasteiger partial charge in [0.05, 0.1) is 0 Å². The predicted octanol–water partition coefficient (Wildman–Crippen LogP) is 3.33. The third-order valence-electron chi connectivity index (χ3n) is 4.42. The van der Waals surface area contributed by atoms with Gasteiger partial charge >= 0.3 is 0 Å². The summed E-state index contributed by atoms with van der Waals surface area (Å²) < 4.78 is 0. The van der Waals surface area contributed by atoms with E-state index in [9.17, 15) is 5.11 Å². The molecule has 0 aliphatic carbocycles. The zero-order valence-electron chi connectivity index (χ0n) is 10.8. The fourth-order valence-corrected chi connectivity index (χ4v) is 3.03. The smallest absolute Gasteiger partial charge is 0.116 e. The lowest BCUT2D eigenvalue weighted by Crippen LogP contribution is -2.35.